The van der Waals surface area contributed by atoms with Crippen molar-refractivity contribution in [3.63, 3.8) is 0 Å². The van der Waals surface area contributed by atoms with Gasteiger partial charge in [0, 0.05) is 13.6 Å². The van der Waals surface area contributed by atoms with E-state index in [1.54, 1.807) is 7.05 Å². The van der Waals surface area contributed by atoms with Crippen molar-refractivity contribution in [2.75, 3.05) is 0 Å². The number of aromatic nitrogens is 4. The highest BCUT2D eigenvalue weighted by Gasteiger charge is 2.20. The third kappa shape index (κ3) is 3.57. The van der Waals surface area contributed by atoms with E-state index in [1.807, 2.05) is 11.5 Å². The van der Waals surface area contributed by atoms with Crippen LogP contribution in [-0.2, 0) is 18.4 Å². The summed E-state index contributed by atoms with van der Waals surface area (Å²) in [5, 5.41) is 0.329. The summed E-state index contributed by atoms with van der Waals surface area (Å²) in [6.45, 7) is 8.15. The summed E-state index contributed by atoms with van der Waals surface area (Å²) in [7, 11) is 1.57. The van der Waals surface area contributed by atoms with Crippen LogP contribution in [0.15, 0.2) is 14.7 Å². The van der Waals surface area contributed by atoms with Crippen LogP contribution >= 0.6 is 11.8 Å². The maximum Gasteiger partial charge on any atom is 0.329 e. The van der Waals surface area contributed by atoms with Crippen molar-refractivity contribution in [2.24, 2.45) is 13.0 Å². The first-order chi connectivity index (χ1) is 10.7. The quantitative estimate of drug-likeness (QED) is 0.807. The Bertz CT molecular complexity index is 847. The minimum Gasteiger partial charge on any atom is -0.313 e. The Kier molecular flexibility index (Phi) is 5.13. The van der Waals surface area contributed by atoms with Crippen LogP contribution in [0, 0.1) is 5.92 Å². The molecule has 2 heterocycles. The zero-order valence-electron chi connectivity index (χ0n) is 14.0. The van der Waals surface area contributed by atoms with Crippen LogP contribution in [0.3, 0.4) is 0 Å². The number of Topliss-reactive ketones (excluding diaryl/α,β-unsaturated/α-hetero) is 1. The Morgan fingerprint density at radius 1 is 1.30 bits per heavy atom. The van der Waals surface area contributed by atoms with E-state index in [4.69, 9.17) is 0 Å². The molecule has 0 fully saturated rings. The number of hydrogen-bond donors (Lipinski definition) is 1. The predicted molar refractivity (Wildman–Crippen MR) is 91.0 cm³/mol. The number of thioether (sulfide) groups is 1. The number of carbonyl (C=O) groups excluding carboxylic acids is 1. The first-order valence-corrected chi connectivity index (χ1v) is 8.47. The highest BCUT2D eigenvalue weighted by Crippen LogP contribution is 2.26. The van der Waals surface area contributed by atoms with E-state index < -0.39 is 11.2 Å². The summed E-state index contributed by atoms with van der Waals surface area (Å²) in [6, 6.07) is 0. The van der Waals surface area contributed by atoms with Crippen molar-refractivity contribution in [3.05, 3.63) is 20.8 Å². The first kappa shape index (κ1) is 17.5. The summed E-state index contributed by atoms with van der Waals surface area (Å²) in [5.74, 6) is 0.502. The number of nitrogens with one attached hydrogen (secondary N) is 1. The number of aromatic amines is 1. The van der Waals surface area contributed by atoms with Gasteiger partial charge in [-0.15, -0.1) is 0 Å². The highest BCUT2D eigenvalue weighted by atomic mass is 32.2. The molecular formula is C15H22N4O3S. The molecule has 1 N–H and O–H groups in total. The fraction of sp³-hybridized carbons (Fsp3) is 0.600. The lowest BCUT2D eigenvalue weighted by atomic mass is 10.1. The second-order valence-corrected chi connectivity index (χ2v) is 7.40. The molecular weight excluding hydrogens is 316 g/mol. The maximum atomic E-state index is 12.2. The van der Waals surface area contributed by atoms with Gasteiger partial charge in [-0.3, -0.25) is 19.1 Å². The monoisotopic (exact) mass is 338 g/mol. The largest absolute Gasteiger partial charge is 0.329 e. The fourth-order valence-corrected chi connectivity index (χ4v) is 3.07. The molecule has 0 spiro atoms. The molecule has 0 aliphatic rings. The Morgan fingerprint density at radius 2 is 1.96 bits per heavy atom. The molecule has 0 bridgehead atoms. The van der Waals surface area contributed by atoms with Crippen molar-refractivity contribution in [1.82, 2.24) is 19.1 Å². The van der Waals surface area contributed by atoms with Gasteiger partial charge in [-0.1, -0.05) is 25.6 Å². The molecule has 2 aromatic heterocycles. The molecule has 0 aliphatic heterocycles. The van der Waals surface area contributed by atoms with E-state index in [-0.39, 0.29) is 11.0 Å². The zero-order valence-corrected chi connectivity index (χ0v) is 14.9. The van der Waals surface area contributed by atoms with Crippen LogP contribution in [0.1, 0.15) is 34.1 Å². The number of rotatable bonds is 6. The average Bonchev–Trinajstić information content (AvgIpc) is 2.81. The maximum absolute atomic E-state index is 12.2. The molecule has 2 aromatic rings. The normalized spacial score (nSPS) is 13.0. The molecule has 0 radical (unpaired) electrons. The standard InChI is InChI=1S/C15H22N4O3S/c1-8(2)6-7-19-11-12(18(5)14(22)17-13(11)21)16-15(19)23-10(4)9(3)20/h8,10H,6-7H2,1-5H3,(H,17,21,22)/t10-/m1/s1. The lowest BCUT2D eigenvalue weighted by Crippen LogP contribution is -2.29. The van der Waals surface area contributed by atoms with Gasteiger partial charge in [0.2, 0.25) is 0 Å². The van der Waals surface area contributed by atoms with Gasteiger partial charge in [-0.25, -0.2) is 9.78 Å². The van der Waals surface area contributed by atoms with E-state index in [1.165, 1.54) is 23.3 Å². The van der Waals surface area contributed by atoms with Gasteiger partial charge in [0.1, 0.15) is 5.78 Å². The molecule has 23 heavy (non-hydrogen) atoms. The van der Waals surface area contributed by atoms with Gasteiger partial charge in [-0.2, -0.15) is 0 Å². The Balaban J connectivity index is 2.64. The summed E-state index contributed by atoms with van der Waals surface area (Å²) >= 11 is 1.31. The Hall–Kier alpha value is -1.83. The second-order valence-electron chi connectivity index (χ2n) is 6.09. The highest BCUT2D eigenvalue weighted by molar-refractivity contribution is 8.00. The minimum absolute atomic E-state index is 0.0419. The molecule has 7 nitrogen and oxygen atoms in total. The average molecular weight is 338 g/mol. The molecule has 0 saturated carbocycles. The summed E-state index contributed by atoms with van der Waals surface area (Å²) in [5.41, 5.74) is -0.208. The topological polar surface area (TPSA) is 89.8 Å². The lowest BCUT2D eigenvalue weighted by Gasteiger charge is -2.12. The number of nitrogens with zero attached hydrogens (tertiary/aromatic N) is 3. The predicted octanol–water partition coefficient (Wildman–Crippen LogP) is 1.54. The lowest BCUT2D eigenvalue weighted by molar-refractivity contribution is -0.116. The minimum atomic E-state index is -0.493. The SMILES string of the molecule is CC(=O)[C@@H](C)Sc1nc2c(c(=O)[nH]c(=O)n2C)n1CCC(C)C. The third-order valence-electron chi connectivity index (χ3n) is 3.76. The van der Waals surface area contributed by atoms with Gasteiger partial charge in [0.25, 0.3) is 5.56 Å². The first-order valence-electron chi connectivity index (χ1n) is 7.59. The molecule has 126 valence electrons. The smallest absolute Gasteiger partial charge is 0.313 e. The van der Waals surface area contributed by atoms with Crippen LogP contribution in [0.2, 0.25) is 0 Å². The van der Waals surface area contributed by atoms with Crippen molar-refractivity contribution in [1.29, 1.82) is 0 Å². The van der Waals surface area contributed by atoms with Crippen molar-refractivity contribution in [3.8, 4) is 0 Å². The molecule has 0 saturated heterocycles. The number of ketones is 1. The molecule has 0 aliphatic carbocycles. The van der Waals surface area contributed by atoms with Crippen LogP contribution in [0.25, 0.3) is 11.2 Å². The van der Waals surface area contributed by atoms with E-state index in [0.717, 1.165) is 6.42 Å². The number of aryl methyl sites for hydroxylation is 2. The third-order valence-corrected chi connectivity index (χ3v) is 4.96. The van der Waals surface area contributed by atoms with E-state index in [9.17, 15) is 14.4 Å². The summed E-state index contributed by atoms with van der Waals surface area (Å²) in [4.78, 5) is 42.3. The van der Waals surface area contributed by atoms with Crippen LogP contribution < -0.4 is 11.2 Å². The number of fused-ring (bicyclic) bond motifs is 1. The summed E-state index contributed by atoms with van der Waals surface area (Å²) in [6.07, 6.45) is 0.871. The Labute approximate surface area is 138 Å². The van der Waals surface area contributed by atoms with Gasteiger partial charge >= 0.3 is 5.69 Å². The van der Waals surface area contributed by atoms with Crippen LogP contribution in [0.5, 0.6) is 0 Å². The molecule has 0 unspecified atom stereocenters. The van der Waals surface area contributed by atoms with Crippen molar-refractivity contribution < 1.29 is 4.79 Å². The van der Waals surface area contributed by atoms with Crippen molar-refractivity contribution in [2.45, 2.75) is 51.1 Å². The molecule has 1 atom stereocenters. The number of imidazole rings is 1. The molecule has 2 rings (SSSR count). The molecule has 0 amide bonds. The van der Waals surface area contributed by atoms with E-state index >= 15 is 0 Å². The number of hydrogen-bond acceptors (Lipinski definition) is 5. The second kappa shape index (κ2) is 6.74. The molecule has 8 heteroatoms. The van der Waals surface area contributed by atoms with Gasteiger partial charge in [0.15, 0.2) is 16.3 Å². The van der Waals surface area contributed by atoms with E-state index in [2.05, 4.69) is 23.8 Å². The van der Waals surface area contributed by atoms with Crippen molar-refractivity contribution >= 4 is 28.7 Å². The fourth-order valence-electron chi connectivity index (χ4n) is 2.14. The zero-order chi connectivity index (χ0) is 17.3. The number of H-pyrrole nitrogens is 1. The van der Waals surface area contributed by atoms with Crippen LogP contribution in [-0.4, -0.2) is 30.1 Å². The van der Waals surface area contributed by atoms with E-state index in [0.29, 0.717) is 28.8 Å². The number of carbonyl (C=O) groups is 1. The Morgan fingerprint density at radius 3 is 2.52 bits per heavy atom. The van der Waals surface area contributed by atoms with Crippen LogP contribution in [0.4, 0.5) is 0 Å². The summed E-state index contributed by atoms with van der Waals surface area (Å²) < 4.78 is 3.14. The van der Waals surface area contributed by atoms with Gasteiger partial charge < -0.3 is 4.57 Å². The van der Waals surface area contributed by atoms with Gasteiger partial charge in [-0.05, 0) is 26.2 Å². The van der Waals surface area contributed by atoms with Gasteiger partial charge in [0.05, 0.1) is 5.25 Å². The molecule has 0 aromatic carbocycles.